The normalized spacial score (nSPS) is 23.2. The van der Waals surface area contributed by atoms with Crippen LogP contribution >= 0.6 is 0 Å². The molecule has 1 atom stereocenters. The van der Waals surface area contributed by atoms with Gasteiger partial charge in [-0.3, -0.25) is 9.59 Å². The molecule has 0 amide bonds. The third-order valence-electron chi connectivity index (χ3n) is 2.14. The maximum absolute atomic E-state index is 11.3. The third-order valence-corrected chi connectivity index (χ3v) is 2.14. The summed E-state index contributed by atoms with van der Waals surface area (Å²) in [5, 5.41) is 0. The smallest absolute Gasteiger partial charge is 0.163 e. The van der Waals surface area contributed by atoms with Crippen LogP contribution in [-0.2, 0) is 9.59 Å². The van der Waals surface area contributed by atoms with E-state index in [4.69, 9.17) is 0 Å². The molecule has 1 aliphatic rings. The Labute approximate surface area is 72.0 Å². The van der Waals surface area contributed by atoms with Crippen LogP contribution < -0.4 is 0 Å². The largest absolute Gasteiger partial charge is 0.298 e. The molecule has 0 N–H and O–H groups in total. The molecule has 0 saturated carbocycles. The number of aldehydes is 1. The SMILES string of the molecule is C=C(C)C1CCC(C=O)=CC1=O. The molecule has 0 aromatic heterocycles. The van der Waals surface area contributed by atoms with Gasteiger partial charge in [0.1, 0.15) is 6.29 Å². The summed E-state index contributed by atoms with van der Waals surface area (Å²) >= 11 is 0. The van der Waals surface area contributed by atoms with Gasteiger partial charge in [-0.15, -0.1) is 0 Å². The highest BCUT2D eigenvalue weighted by atomic mass is 16.1. The summed E-state index contributed by atoms with van der Waals surface area (Å²) in [6.45, 7) is 5.59. The average molecular weight is 164 g/mol. The Kier molecular flexibility index (Phi) is 2.58. The van der Waals surface area contributed by atoms with Crippen molar-refractivity contribution in [1.29, 1.82) is 0 Å². The Hall–Kier alpha value is -1.18. The van der Waals surface area contributed by atoms with Crippen LogP contribution in [0, 0.1) is 5.92 Å². The van der Waals surface area contributed by atoms with Crippen LogP contribution in [0.25, 0.3) is 0 Å². The van der Waals surface area contributed by atoms with E-state index in [1.165, 1.54) is 6.08 Å². The number of hydrogen-bond donors (Lipinski definition) is 0. The van der Waals surface area contributed by atoms with E-state index in [1.807, 2.05) is 6.92 Å². The first-order valence-corrected chi connectivity index (χ1v) is 4.00. The summed E-state index contributed by atoms with van der Waals surface area (Å²) in [4.78, 5) is 21.6. The zero-order valence-corrected chi connectivity index (χ0v) is 7.17. The first-order valence-electron chi connectivity index (χ1n) is 4.00. The van der Waals surface area contributed by atoms with Crippen molar-refractivity contribution in [1.82, 2.24) is 0 Å². The minimum absolute atomic E-state index is 0.0239. The molecule has 1 rings (SSSR count). The van der Waals surface area contributed by atoms with E-state index in [0.29, 0.717) is 12.0 Å². The molecule has 0 radical (unpaired) electrons. The van der Waals surface area contributed by atoms with E-state index in [0.717, 1.165) is 18.3 Å². The van der Waals surface area contributed by atoms with E-state index in [-0.39, 0.29) is 11.7 Å². The molecular weight excluding hydrogens is 152 g/mol. The minimum atomic E-state index is -0.0614. The van der Waals surface area contributed by atoms with Crippen LogP contribution in [0.5, 0.6) is 0 Å². The molecule has 0 fully saturated rings. The summed E-state index contributed by atoms with van der Waals surface area (Å²) in [6.07, 6.45) is 3.63. The van der Waals surface area contributed by atoms with Gasteiger partial charge in [0.05, 0.1) is 0 Å². The molecule has 12 heavy (non-hydrogen) atoms. The average Bonchev–Trinajstić information content (AvgIpc) is 2.03. The summed E-state index contributed by atoms with van der Waals surface area (Å²) in [6, 6.07) is 0. The number of carbonyl (C=O) groups is 2. The second-order valence-corrected chi connectivity index (χ2v) is 3.18. The third kappa shape index (κ3) is 1.70. The minimum Gasteiger partial charge on any atom is -0.298 e. The van der Waals surface area contributed by atoms with Crippen molar-refractivity contribution in [3.8, 4) is 0 Å². The van der Waals surface area contributed by atoms with Crippen LogP contribution in [0.1, 0.15) is 19.8 Å². The van der Waals surface area contributed by atoms with Crippen molar-refractivity contribution >= 4 is 12.1 Å². The van der Waals surface area contributed by atoms with Gasteiger partial charge in [0, 0.05) is 5.92 Å². The quantitative estimate of drug-likeness (QED) is 0.459. The molecule has 2 heteroatoms. The number of ketones is 1. The molecule has 2 nitrogen and oxygen atoms in total. The van der Waals surface area contributed by atoms with E-state index in [2.05, 4.69) is 6.58 Å². The van der Waals surface area contributed by atoms with Gasteiger partial charge < -0.3 is 0 Å². The maximum atomic E-state index is 11.3. The fourth-order valence-corrected chi connectivity index (χ4v) is 1.39. The van der Waals surface area contributed by atoms with Crippen LogP contribution in [0.4, 0.5) is 0 Å². The summed E-state index contributed by atoms with van der Waals surface area (Å²) < 4.78 is 0. The lowest BCUT2D eigenvalue weighted by Gasteiger charge is -2.18. The monoisotopic (exact) mass is 164 g/mol. The van der Waals surface area contributed by atoms with Crippen molar-refractivity contribution < 1.29 is 9.59 Å². The Morgan fingerprint density at radius 3 is 2.83 bits per heavy atom. The fourth-order valence-electron chi connectivity index (χ4n) is 1.39. The van der Waals surface area contributed by atoms with Crippen LogP contribution in [0.3, 0.4) is 0 Å². The van der Waals surface area contributed by atoms with Crippen molar-refractivity contribution in [3.63, 3.8) is 0 Å². The standard InChI is InChI=1S/C10H12O2/c1-7(2)9-4-3-8(6-11)5-10(9)12/h5-6,9H,1,3-4H2,2H3. The van der Waals surface area contributed by atoms with Crippen molar-refractivity contribution in [3.05, 3.63) is 23.8 Å². The zero-order valence-electron chi connectivity index (χ0n) is 7.17. The first-order chi connectivity index (χ1) is 5.65. The number of hydrogen-bond acceptors (Lipinski definition) is 2. The van der Waals surface area contributed by atoms with Crippen molar-refractivity contribution in [2.45, 2.75) is 19.8 Å². The Morgan fingerprint density at radius 2 is 2.42 bits per heavy atom. The van der Waals surface area contributed by atoms with Gasteiger partial charge >= 0.3 is 0 Å². The molecule has 0 saturated heterocycles. The molecule has 1 unspecified atom stereocenters. The van der Waals surface area contributed by atoms with E-state index >= 15 is 0 Å². The van der Waals surface area contributed by atoms with Crippen LogP contribution in [0.2, 0.25) is 0 Å². The second-order valence-electron chi connectivity index (χ2n) is 3.18. The fraction of sp³-hybridized carbons (Fsp3) is 0.400. The van der Waals surface area contributed by atoms with E-state index in [9.17, 15) is 9.59 Å². The highest BCUT2D eigenvalue weighted by Gasteiger charge is 2.22. The molecule has 0 aromatic rings. The molecule has 0 bridgehead atoms. The molecule has 0 aromatic carbocycles. The molecule has 1 aliphatic carbocycles. The topological polar surface area (TPSA) is 34.1 Å². The van der Waals surface area contributed by atoms with Gasteiger partial charge in [-0.2, -0.15) is 0 Å². The van der Waals surface area contributed by atoms with Crippen molar-refractivity contribution in [2.24, 2.45) is 5.92 Å². The molecular formula is C10H12O2. The Bertz CT molecular complexity index is 261. The number of carbonyl (C=O) groups excluding carboxylic acids is 2. The van der Waals surface area contributed by atoms with Crippen LogP contribution in [0.15, 0.2) is 23.8 Å². The summed E-state index contributed by atoms with van der Waals surface area (Å²) in [5.41, 5.74) is 1.50. The first kappa shape index (κ1) is 8.91. The van der Waals surface area contributed by atoms with Gasteiger partial charge in [-0.25, -0.2) is 0 Å². The molecule has 0 spiro atoms. The predicted octanol–water partition coefficient (Wildman–Crippen LogP) is 1.67. The lowest BCUT2D eigenvalue weighted by molar-refractivity contribution is -0.118. The van der Waals surface area contributed by atoms with E-state index in [1.54, 1.807) is 0 Å². The number of allylic oxidation sites excluding steroid dienone is 3. The molecule has 0 heterocycles. The highest BCUT2D eigenvalue weighted by molar-refractivity contribution is 5.99. The van der Waals surface area contributed by atoms with Gasteiger partial charge in [-0.1, -0.05) is 12.2 Å². The lowest BCUT2D eigenvalue weighted by Crippen LogP contribution is -2.18. The Balaban J connectivity index is 2.80. The maximum Gasteiger partial charge on any atom is 0.163 e. The predicted molar refractivity (Wildman–Crippen MR) is 46.7 cm³/mol. The highest BCUT2D eigenvalue weighted by Crippen LogP contribution is 2.24. The second kappa shape index (κ2) is 3.48. The van der Waals surface area contributed by atoms with Gasteiger partial charge in [0.25, 0.3) is 0 Å². The zero-order chi connectivity index (χ0) is 9.14. The van der Waals surface area contributed by atoms with Gasteiger partial charge in [0.15, 0.2) is 5.78 Å². The molecule has 0 aliphatic heterocycles. The Morgan fingerprint density at radius 1 is 1.75 bits per heavy atom. The summed E-state index contributed by atoms with van der Waals surface area (Å²) in [5.74, 6) is -0.0375. The van der Waals surface area contributed by atoms with Gasteiger partial charge in [0.2, 0.25) is 0 Å². The summed E-state index contributed by atoms with van der Waals surface area (Å²) in [7, 11) is 0. The van der Waals surface area contributed by atoms with Crippen LogP contribution in [-0.4, -0.2) is 12.1 Å². The van der Waals surface area contributed by atoms with E-state index < -0.39 is 0 Å². The number of rotatable bonds is 2. The van der Waals surface area contributed by atoms with Crippen molar-refractivity contribution in [2.75, 3.05) is 0 Å². The molecule has 64 valence electrons. The lowest BCUT2D eigenvalue weighted by atomic mass is 9.85. The van der Waals surface area contributed by atoms with Gasteiger partial charge in [-0.05, 0) is 31.4 Å².